The van der Waals surface area contributed by atoms with E-state index in [-0.39, 0.29) is 21.8 Å². The van der Waals surface area contributed by atoms with Crippen LogP contribution in [0.5, 0.6) is 5.88 Å². The van der Waals surface area contributed by atoms with Gasteiger partial charge in [0.25, 0.3) is 5.56 Å². The highest BCUT2D eigenvalue weighted by atomic mass is 35.5. The number of benzene rings is 1. The maximum Gasteiger partial charge on any atom is 0.262 e. The van der Waals surface area contributed by atoms with Crippen LogP contribution in [-0.2, 0) is 0 Å². The fourth-order valence-corrected chi connectivity index (χ4v) is 3.92. The summed E-state index contributed by atoms with van der Waals surface area (Å²) in [5.41, 5.74) is 1.70. The second kappa shape index (κ2) is 5.76. The van der Waals surface area contributed by atoms with Crippen LogP contribution < -0.4 is 5.56 Å². The Morgan fingerprint density at radius 1 is 1.29 bits per heavy atom. The number of allylic oxidation sites excluding steroid dienone is 3. The van der Waals surface area contributed by atoms with E-state index in [9.17, 15) is 9.90 Å². The lowest BCUT2D eigenvalue weighted by molar-refractivity contribution is 0.432. The summed E-state index contributed by atoms with van der Waals surface area (Å²) in [6, 6.07) is 6.91. The Morgan fingerprint density at radius 2 is 2.04 bits per heavy atom. The van der Waals surface area contributed by atoms with Gasteiger partial charge in [0.1, 0.15) is 5.56 Å². The number of hydrogen-bond acceptors (Lipinski definition) is 3. The van der Waals surface area contributed by atoms with E-state index in [0.29, 0.717) is 22.5 Å². The minimum absolute atomic E-state index is 0.148. The normalized spacial score (nSPS) is 23.3. The molecule has 2 aromatic rings. The lowest BCUT2D eigenvalue weighted by Crippen LogP contribution is -2.16. The highest BCUT2D eigenvalue weighted by molar-refractivity contribution is 7.71. The summed E-state index contributed by atoms with van der Waals surface area (Å²) in [5, 5.41) is 11.3. The number of H-pyrrole nitrogens is 1. The fraction of sp³-hybridized carbons (Fsp3) is 0.222. The molecule has 0 saturated heterocycles. The third kappa shape index (κ3) is 2.54. The number of aromatic amines is 1. The smallest absolute Gasteiger partial charge is 0.262 e. The molecule has 1 fully saturated rings. The molecule has 2 N–H and O–H groups in total. The lowest BCUT2D eigenvalue weighted by atomic mass is 9.99. The maximum absolute atomic E-state index is 12.3. The highest BCUT2D eigenvalue weighted by Gasteiger charge is 2.31. The number of rotatable bonds is 2. The molecule has 4 nitrogen and oxygen atoms in total. The van der Waals surface area contributed by atoms with Crippen LogP contribution >= 0.6 is 23.8 Å². The third-order valence-corrected chi connectivity index (χ3v) is 5.22. The summed E-state index contributed by atoms with van der Waals surface area (Å²) in [7, 11) is 0. The molecule has 1 heterocycles. The SMILES string of the molecule is O=c1[nH]c(=S)n(-c2ccc(Cl)cc2)c(O)c1C=C1C[C@H]2C=C[C@@H]1C2. The number of nitrogens with one attached hydrogen (secondary N) is 1. The molecule has 2 aliphatic rings. The molecule has 2 atom stereocenters. The van der Waals surface area contributed by atoms with Crippen molar-refractivity contribution >= 4 is 29.9 Å². The van der Waals surface area contributed by atoms with Crippen molar-refractivity contribution in [2.75, 3.05) is 0 Å². The number of aromatic nitrogens is 2. The lowest BCUT2D eigenvalue weighted by Gasteiger charge is -2.13. The Kier molecular flexibility index (Phi) is 3.70. The van der Waals surface area contributed by atoms with Crippen molar-refractivity contribution in [2.24, 2.45) is 11.8 Å². The monoisotopic (exact) mass is 358 g/mol. The fourth-order valence-electron chi connectivity index (χ4n) is 3.50. The van der Waals surface area contributed by atoms with Gasteiger partial charge in [0.2, 0.25) is 5.88 Å². The van der Waals surface area contributed by atoms with Gasteiger partial charge in [-0.3, -0.25) is 14.3 Å². The van der Waals surface area contributed by atoms with E-state index in [1.807, 2.05) is 6.08 Å². The summed E-state index contributed by atoms with van der Waals surface area (Å²) in [4.78, 5) is 15.0. The van der Waals surface area contributed by atoms with E-state index in [1.165, 1.54) is 10.1 Å². The predicted molar refractivity (Wildman–Crippen MR) is 97.2 cm³/mol. The Balaban J connectivity index is 1.87. The van der Waals surface area contributed by atoms with Crippen molar-refractivity contribution in [1.82, 2.24) is 9.55 Å². The molecule has 0 radical (unpaired) electrons. The molecule has 0 unspecified atom stereocenters. The van der Waals surface area contributed by atoms with Gasteiger partial charge in [-0.05, 0) is 67.2 Å². The van der Waals surface area contributed by atoms with Crippen molar-refractivity contribution < 1.29 is 5.11 Å². The predicted octanol–water partition coefficient (Wildman–Crippen LogP) is 4.23. The van der Waals surface area contributed by atoms with Gasteiger partial charge in [-0.25, -0.2) is 0 Å². The first-order chi connectivity index (χ1) is 11.5. The standard InChI is InChI=1S/C18H15ClN2O2S/c19-13-3-5-14(6-4-13)21-17(23)15(16(22)20-18(21)24)9-12-8-10-1-2-11(12)7-10/h1-6,9-11,23H,7-8H2,(H,20,22,24)/t10-,11+/m0/s1. The molecule has 1 saturated carbocycles. The van der Waals surface area contributed by atoms with Crippen molar-refractivity contribution in [3.63, 3.8) is 0 Å². The summed E-state index contributed by atoms with van der Waals surface area (Å²) < 4.78 is 1.59. The van der Waals surface area contributed by atoms with Gasteiger partial charge in [0, 0.05) is 5.02 Å². The zero-order valence-corrected chi connectivity index (χ0v) is 14.3. The van der Waals surface area contributed by atoms with E-state index in [0.717, 1.165) is 12.8 Å². The quantitative estimate of drug-likeness (QED) is 0.623. The summed E-state index contributed by atoms with van der Waals surface area (Å²) in [6.45, 7) is 0. The first-order valence-corrected chi connectivity index (χ1v) is 8.54. The molecule has 1 aromatic carbocycles. The van der Waals surface area contributed by atoms with Crippen LogP contribution in [0.1, 0.15) is 18.4 Å². The van der Waals surface area contributed by atoms with E-state index in [2.05, 4.69) is 17.1 Å². The van der Waals surface area contributed by atoms with E-state index < -0.39 is 0 Å². The van der Waals surface area contributed by atoms with E-state index >= 15 is 0 Å². The zero-order valence-electron chi connectivity index (χ0n) is 12.7. The molecule has 0 amide bonds. The Morgan fingerprint density at radius 3 is 2.67 bits per heavy atom. The zero-order chi connectivity index (χ0) is 16.8. The number of aromatic hydroxyl groups is 1. The number of halogens is 1. The first-order valence-electron chi connectivity index (χ1n) is 7.76. The Labute approximate surface area is 148 Å². The molecule has 0 spiro atoms. The Bertz CT molecular complexity index is 986. The summed E-state index contributed by atoms with van der Waals surface area (Å²) in [5.74, 6) is 0.787. The molecule has 122 valence electrons. The second-order valence-corrected chi connectivity index (χ2v) is 7.04. The molecule has 4 rings (SSSR count). The molecule has 2 bridgehead atoms. The molecule has 24 heavy (non-hydrogen) atoms. The molecule has 6 heteroatoms. The first kappa shape index (κ1) is 15.4. The molecule has 0 aliphatic heterocycles. The highest BCUT2D eigenvalue weighted by Crippen LogP contribution is 2.44. The minimum atomic E-state index is -0.373. The largest absolute Gasteiger partial charge is 0.494 e. The molecular weight excluding hydrogens is 344 g/mol. The summed E-state index contributed by atoms with van der Waals surface area (Å²) >= 11 is 11.1. The van der Waals surface area contributed by atoms with Gasteiger partial charge in [0.05, 0.1) is 5.69 Å². The van der Waals surface area contributed by atoms with Crippen LogP contribution in [0.3, 0.4) is 0 Å². The van der Waals surface area contributed by atoms with Crippen LogP contribution in [0, 0.1) is 16.6 Å². The van der Waals surface area contributed by atoms with Crippen molar-refractivity contribution in [3.05, 3.63) is 67.7 Å². The van der Waals surface area contributed by atoms with Crippen LogP contribution in [0.2, 0.25) is 5.02 Å². The van der Waals surface area contributed by atoms with Gasteiger partial charge in [-0.2, -0.15) is 0 Å². The van der Waals surface area contributed by atoms with Gasteiger partial charge < -0.3 is 5.11 Å². The minimum Gasteiger partial charge on any atom is -0.494 e. The van der Waals surface area contributed by atoms with Crippen LogP contribution in [0.25, 0.3) is 11.8 Å². The molecular formula is C18H15ClN2O2S. The number of nitrogens with zero attached hydrogens (tertiary/aromatic N) is 1. The topological polar surface area (TPSA) is 58.0 Å². The van der Waals surface area contributed by atoms with E-state index in [4.69, 9.17) is 23.8 Å². The Hall–Kier alpha value is -2.11. The van der Waals surface area contributed by atoms with Gasteiger partial charge in [-0.15, -0.1) is 0 Å². The van der Waals surface area contributed by atoms with Gasteiger partial charge >= 0.3 is 0 Å². The third-order valence-electron chi connectivity index (χ3n) is 4.68. The summed E-state index contributed by atoms with van der Waals surface area (Å²) in [6.07, 6.45) is 8.26. The second-order valence-electron chi connectivity index (χ2n) is 6.22. The number of hydrogen-bond donors (Lipinski definition) is 2. The van der Waals surface area contributed by atoms with Gasteiger partial charge in [-0.1, -0.05) is 29.3 Å². The number of fused-ring (bicyclic) bond motifs is 2. The van der Waals surface area contributed by atoms with Crippen molar-refractivity contribution in [3.8, 4) is 11.6 Å². The van der Waals surface area contributed by atoms with Crippen LogP contribution in [0.15, 0.2) is 46.8 Å². The molecule has 2 aliphatic carbocycles. The van der Waals surface area contributed by atoms with Crippen molar-refractivity contribution in [2.45, 2.75) is 12.8 Å². The van der Waals surface area contributed by atoms with Crippen molar-refractivity contribution in [1.29, 1.82) is 0 Å². The average molecular weight is 359 g/mol. The average Bonchev–Trinajstić information content (AvgIpc) is 3.16. The van der Waals surface area contributed by atoms with Crippen LogP contribution in [-0.4, -0.2) is 14.7 Å². The maximum atomic E-state index is 12.3. The van der Waals surface area contributed by atoms with E-state index in [1.54, 1.807) is 24.3 Å². The van der Waals surface area contributed by atoms with Crippen LogP contribution in [0.4, 0.5) is 0 Å². The van der Waals surface area contributed by atoms with Gasteiger partial charge in [0.15, 0.2) is 4.77 Å². The molecule has 1 aromatic heterocycles.